The average molecular weight is 318 g/mol. The highest BCUT2D eigenvalue weighted by Gasteiger charge is 2.32. The van der Waals surface area contributed by atoms with E-state index >= 15 is 0 Å². The number of hydrogen-bond acceptors (Lipinski definition) is 3. The molecule has 1 aliphatic heterocycles. The summed E-state index contributed by atoms with van der Waals surface area (Å²) < 4.78 is 51.9. The number of nitrogens with zero attached hydrogens (tertiary/aromatic N) is 1. The maximum Gasteiger partial charge on any atom is 0.243 e. The molecule has 1 aliphatic rings. The van der Waals surface area contributed by atoms with Gasteiger partial charge in [-0.2, -0.15) is 4.31 Å². The highest BCUT2D eigenvalue weighted by atomic mass is 32.2. The number of amides is 1. The molecule has 1 aromatic carbocycles. The Morgan fingerprint density at radius 3 is 2.38 bits per heavy atom. The number of sulfonamides is 1. The second-order valence-corrected chi connectivity index (χ2v) is 6.81. The molecule has 1 saturated heterocycles. The van der Waals surface area contributed by atoms with E-state index in [1.165, 1.54) is 11.4 Å². The lowest BCUT2D eigenvalue weighted by Crippen LogP contribution is -2.42. The Kier molecular flexibility index (Phi) is 4.58. The van der Waals surface area contributed by atoms with Gasteiger partial charge < -0.3 is 5.32 Å². The van der Waals surface area contributed by atoms with Crippen LogP contribution in [0, 0.1) is 17.6 Å². The SMILES string of the molecule is CNC(=O)C1CCN(S(=O)(=O)c2ccc(F)c(F)c2)CC1. The summed E-state index contributed by atoms with van der Waals surface area (Å²) in [6, 6.07) is 2.51. The van der Waals surface area contributed by atoms with E-state index in [2.05, 4.69) is 5.32 Å². The molecule has 0 aliphatic carbocycles. The highest BCUT2D eigenvalue weighted by molar-refractivity contribution is 7.89. The molecule has 0 spiro atoms. The van der Waals surface area contributed by atoms with Crippen LogP contribution in [0.4, 0.5) is 8.78 Å². The van der Waals surface area contributed by atoms with Gasteiger partial charge in [0.25, 0.3) is 0 Å². The number of carbonyl (C=O) groups is 1. The zero-order valence-corrected chi connectivity index (χ0v) is 12.3. The molecule has 0 bridgehead atoms. The van der Waals surface area contributed by atoms with Crippen molar-refractivity contribution >= 4 is 15.9 Å². The minimum Gasteiger partial charge on any atom is -0.359 e. The number of hydrogen-bond donors (Lipinski definition) is 1. The molecule has 1 aromatic rings. The lowest BCUT2D eigenvalue weighted by molar-refractivity contribution is -0.125. The lowest BCUT2D eigenvalue weighted by atomic mass is 9.97. The molecular formula is C13H16F2N2O3S. The summed E-state index contributed by atoms with van der Waals surface area (Å²) in [6.45, 7) is 0.360. The molecule has 1 heterocycles. The Morgan fingerprint density at radius 1 is 1.24 bits per heavy atom. The fraction of sp³-hybridized carbons (Fsp3) is 0.462. The second-order valence-electron chi connectivity index (χ2n) is 4.87. The maximum atomic E-state index is 13.2. The molecule has 21 heavy (non-hydrogen) atoms. The summed E-state index contributed by atoms with van der Waals surface area (Å²) in [5.74, 6) is -2.62. The highest BCUT2D eigenvalue weighted by Crippen LogP contribution is 2.24. The van der Waals surface area contributed by atoms with Gasteiger partial charge in [0.1, 0.15) is 0 Å². The predicted molar refractivity (Wildman–Crippen MR) is 71.9 cm³/mol. The van der Waals surface area contributed by atoms with Crippen LogP contribution in [-0.4, -0.2) is 38.8 Å². The van der Waals surface area contributed by atoms with Gasteiger partial charge in [-0.15, -0.1) is 0 Å². The summed E-state index contributed by atoms with van der Waals surface area (Å²) in [5.41, 5.74) is 0. The molecule has 116 valence electrons. The molecule has 1 N–H and O–H groups in total. The molecule has 1 amide bonds. The Bertz CT molecular complexity index is 641. The third kappa shape index (κ3) is 3.21. The molecule has 8 heteroatoms. The third-order valence-corrected chi connectivity index (χ3v) is 5.49. The van der Waals surface area contributed by atoms with Gasteiger partial charge in [-0.05, 0) is 31.0 Å². The molecule has 0 radical (unpaired) electrons. The number of piperidine rings is 1. The van der Waals surface area contributed by atoms with Crippen molar-refractivity contribution in [1.29, 1.82) is 0 Å². The quantitative estimate of drug-likeness (QED) is 0.908. The van der Waals surface area contributed by atoms with Crippen LogP contribution in [0.1, 0.15) is 12.8 Å². The maximum absolute atomic E-state index is 13.2. The van der Waals surface area contributed by atoms with Crippen molar-refractivity contribution < 1.29 is 22.0 Å². The van der Waals surface area contributed by atoms with Gasteiger partial charge >= 0.3 is 0 Å². The van der Waals surface area contributed by atoms with Crippen LogP contribution in [0.3, 0.4) is 0 Å². The monoisotopic (exact) mass is 318 g/mol. The first-order valence-electron chi connectivity index (χ1n) is 6.53. The zero-order chi connectivity index (χ0) is 15.6. The Labute approximate surface area is 122 Å². The first-order chi connectivity index (χ1) is 9.86. The number of halogens is 2. The zero-order valence-electron chi connectivity index (χ0n) is 11.5. The normalized spacial score (nSPS) is 17.7. The minimum absolute atomic E-state index is 0.111. The second kappa shape index (κ2) is 6.07. The molecule has 2 rings (SSSR count). The van der Waals surface area contributed by atoms with Gasteiger partial charge in [0.05, 0.1) is 4.90 Å². The van der Waals surface area contributed by atoms with Crippen molar-refractivity contribution in [3.05, 3.63) is 29.8 Å². The van der Waals surface area contributed by atoms with E-state index in [9.17, 15) is 22.0 Å². The van der Waals surface area contributed by atoms with Crippen LogP contribution >= 0.6 is 0 Å². The first-order valence-corrected chi connectivity index (χ1v) is 7.97. The summed E-state index contributed by atoms with van der Waals surface area (Å²) in [6.07, 6.45) is 0.811. The predicted octanol–water partition coefficient (Wildman–Crippen LogP) is 1.11. The molecule has 0 saturated carbocycles. The van der Waals surface area contributed by atoms with Crippen LogP contribution in [0.15, 0.2) is 23.1 Å². The van der Waals surface area contributed by atoms with Crippen LogP contribution in [-0.2, 0) is 14.8 Å². The number of benzene rings is 1. The van der Waals surface area contributed by atoms with E-state index in [1.54, 1.807) is 0 Å². The van der Waals surface area contributed by atoms with Crippen LogP contribution in [0.2, 0.25) is 0 Å². The summed E-state index contributed by atoms with van der Waals surface area (Å²) in [4.78, 5) is 11.2. The summed E-state index contributed by atoms with van der Waals surface area (Å²) >= 11 is 0. The molecule has 5 nitrogen and oxygen atoms in total. The van der Waals surface area contributed by atoms with Crippen molar-refractivity contribution in [1.82, 2.24) is 9.62 Å². The average Bonchev–Trinajstić information content (AvgIpc) is 2.49. The van der Waals surface area contributed by atoms with E-state index < -0.39 is 21.7 Å². The van der Waals surface area contributed by atoms with Gasteiger partial charge in [-0.3, -0.25) is 4.79 Å². The standard InChI is InChI=1S/C13H16F2N2O3S/c1-16-13(18)9-4-6-17(7-5-9)21(19,20)10-2-3-11(14)12(15)8-10/h2-3,8-9H,4-7H2,1H3,(H,16,18). The number of nitrogens with one attached hydrogen (secondary N) is 1. The van der Waals surface area contributed by atoms with Gasteiger partial charge in [-0.1, -0.05) is 0 Å². The molecule has 0 aromatic heterocycles. The van der Waals surface area contributed by atoms with E-state index in [-0.39, 0.29) is 29.8 Å². The summed E-state index contributed by atoms with van der Waals surface area (Å²) in [5, 5.41) is 2.54. The number of carbonyl (C=O) groups excluding carboxylic acids is 1. The first kappa shape index (κ1) is 15.8. The van der Waals surface area contributed by atoms with Crippen LogP contribution in [0.25, 0.3) is 0 Å². The van der Waals surface area contributed by atoms with Gasteiger partial charge in [0.15, 0.2) is 11.6 Å². The van der Waals surface area contributed by atoms with Gasteiger partial charge in [0.2, 0.25) is 15.9 Å². The molecular weight excluding hydrogens is 302 g/mol. The largest absolute Gasteiger partial charge is 0.359 e. The molecule has 1 fully saturated rings. The van der Waals surface area contributed by atoms with E-state index in [0.29, 0.717) is 18.9 Å². The van der Waals surface area contributed by atoms with Gasteiger partial charge in [0, 0.05) is 26.1 Å². The fourth-order valence-corrected chi connectivity index (χ4v) is 3.83. The van der Waals surface area contributed by atoms with Crippen molar-refractivity contribution in [3.63, 3.8) is 0 Å². The van der Waals surface area contributed by atoms with Gasteiger partial charge in [-0.25, -0.2) is 17.2 Å². The van der Waals surface area contributed by atoms with E-state index in [4.69, 9.17) is 0 Å². The molecule has 0 unspecified atom stereocenters. The van der Waals surface area contributed by atoms with Crippen LogP contribution in [0.5, 0.6) is 0 Å². The Morgan fingerprint density at radius 2 is 1.86 bits per heavy atom. The molecule has 0 atom stereocenters. The van der Waals surface area contributed by atoms with Crippen molar-refractivity contribution in [2.45, 2.75) is 17.7 Å². The van der Waals surface area contributed by atoms with Crippen molar-refractivity contribution in [2.75, 3.05) is 20.1 Å². The Hall–Kier alpha value is -1.54. The van der Waals surface area contributed by atoms with Crippen LogP contribution < -0.4 is 5.32 Å². The minimum atomic E-state index is -3.86. The lowest BCUT2D eigenvalue weighted by Gasteiger charge is -2.30. The summed E-state index contributed by atoms with van der Waals surface area (Å²) in [7, 11) is -2.33. The van der Waals surface area contributed by atoms with E-state index in [1.807, 2.05) is 0 Å². The van der Waals surface area contributed by atoms with Crippen molar-refractivity contribution in [3.8, 4) is 0 Å². The smallest absolute Gasteiger partial charge is 0.243 e. The Balaban J connectivity index is 2.14. The van der Waals surface area contributed by atoms with E-state index in [0.717, 1.165) is 12.1 Å². The van der Waals surface area contributed by atoms with Crippen molar-refractivity contribution in [2.24, 2.45) is 5.92 Å². The number of rotatable bonds is 3. The third-order valence-electron chi connectivity index (χ3n) is 3.60. The topological polar surface area (TPSA) is 66.5 Å². The fourth-order valence-electron chi connectivity index (χ4n) is 2.35.